The number of hydrogen-bond acceptors (Lipinski definition) is 6. The van der Waals surface area contributed by atoms with Crippen LogP contribution in [0.5, 0.6) is 5.75 Å². The quantitative estimate of drug-likeness (QED) is 0.291. The molecule has 21 heavy (non-hydrogen) atoms. The smallest absolute Gasteiger partial charge is 0.426 e. The van der Waals surface area contributed by atoms with E-state index in [0.29, 0.717) is 44.5 Å². The van der Waals surface area contributed by atoms with Gasteiger partial charge in [-0.1, -0.05) is 0 Å². The van der Waals surface area contributed by atoms with Crippen molar-refractivity contribution < 1.29 is 14.2 Å². The number of nitrogens with zero attached hydrogens (tertiary/aromatic N) is 2. The summed E-state index contributed by atoms with van der Waals surface area (Å²) in [6.07, 6.45) is 0. The van der Waals surface area contributed by atoms with Crippen molar-refractivity contribution >= 4 is 30.1 Å². The average Bonchev–Trinajstić information content (AvgIpc) is 2.50. The Kier molecular flexibility index (Phi) is 10.1. The molecule has 0 radical (unpaired) electrons. The van der Waals surface area contributed by atoms with E-state index in [2.05, 4.69) is 17.6 Å². The van der Waals surface area contributed by atoms with Crippen molar-refractivity contribution in [3.8, 4) is 5.75 Å². The molecule has 0 aliphatic heterocycles. The molecule has 0 N–H and O–H groups in total. The molecule has 0 bridgehead atoms. The Hall–Kier alpha value is -0.940. The van der Waals surface area contributed by atoms with Gasteiger partial charge in [-0.05, 0) is 13.0 Å². The third-order valence-electron chi connectivity index (χ3n) is 2.44. The van der Waals surface area contributed by atoms with Crippen molar-refractivity contribution in [2.75, 3.05) is 44.5 Å². The van der Waals surface area contributed by atoms with Crippen molar-refractivity contribution in [2.45, 2.75) is 11.8 Å². The third-order valence-corrected chi connectivity index (χ3v) is 3.58. The second kappa shape index (κ2) is 11.7. The first kappa shape index (κ1) is 18.1. The number of diazo groups is 1. The van der Waals surface area contributed by atoms with E-state index in [0.717, 1.165) is 16.4 Å². The molecular weight excluding hydrogens is 308 g/mol. The van der Waals surface area contributed by atoms with Gasteiger partial charge in [0, 0.05) is 28.5 Å². The fourth-order valence-corrected chi connectivity index (χ4v) is 2.46. The molecule has 0 aliphatic rings. The lowest BCUT2D eigenvalue weighted by Crippen LogP contribution is -2.07. The number of thioether (sulfide) groups is 1. The van der Waals surface area contributed by atoms with Crippen LogP contribution in [0.4, 0.5) is 5.69 Å². The first-order chi connectivity index (χ1) is 10.3. The van der Waals surface area contributed by atoms with E-state index >= 15 is 0 Å². The molecule has 1 rings (SSSR count). The molecular formula is C14H21N2O3S2+. The van der Waals surface area contributed by atoms with Gasteiger partial charge < -0.3 is 14.2 Å². The Labute approximate surface area is 135 Å². The molecule has 5 nitrogen and oxygen atoms in total. The molecule has 0 amide bonds. The summed E-state index contributed by atoms with van der Waals surface area (Å²) in [6, 6.07) is 5.51. The first-order valence-electron chi connectivity index (χ1n) is 6.83. The number of ether oxygens (including phenoxy) is 3. The Morgan fingerprint density at radius 3 is 2.62 bits per heavy atom. The summed E-state index contributed by atoms with van der Waals surface area (Å²) >= 11 is 5.72. The van der Waals surface area contributed by atoms with E-state index in [1.165, 1.54) is 0 Å². The summed E-state index contributed by atoms with van der Waals surface area (Å²) in [4.78, 5) is 4.25. The fraction of sp³-hybridized carbons (Fsp3) is 0.571. The summed E-state index contributed by atoms with van der Waals surface area (Å²) in [5.41, 5.74) is 0.443. The van der Waals surface area contributed by atoms with Crippen LogP contribution >= 0.6 is 24.4 Å². The maximum atomic E-state index is 8.87. The third kappa shape index (κ3) is 7.58. The lowest BCUT2D eigenvalue weighted by molar-refractivity contribution is 0.0606. The minimum atomic E-state index is 0.443. The highest BCUT2D eigenvalue weighted by molar-refractivity contribution is 7.99. The van der Waals surface area contributed by atoms with E-state index < -0.39 is 0 Å². The molecule has 1 aromatic rings. The van der Waals surface area contributed by atoms with Crippen LogP contribution < -0.4 is 4.74 Å². The standard InChI is InChI=1S/C14H20N2O3S2/c1-2-19-14-11-12(3-4-13(14)16-15)21-10-8-18-6-5-17-7-9-20/h3-4,11H,2,5-10H2,1H3/p+1. The number of thiol groups is 1. The average molecular weight is 329 g/mol. The molecule has 0 aliphatic carbocycles. The molecule has 0 heterocycles. The van der Waals surface area contributed by atoms with Crippen LogP contribution in [-0.2, 0) is 9.47 Å². The van der Waals surface area contributed by atoms with E-state index in [1.807, 2.05) is 19.1 Å². The maximum absolute atomic E-state index is 8.87. The van der Waals surface area contributed by atoms with Crippen LogP contribution in [-0.4, -0.2) is 44.5 Å². The maximum Gasteiger partial charge on any atom is 0.426 e. The summed E-state index contributed by atoms with van der Waals surface area (Å²) in [6.45, 7) is 4.94. The van der Waals surface area contributed by atoms with Crippen LogP contribution in [0.2, 0.25) is 0 Å². The molecule has 116 valence electrons. The van der Waals surface area contributed by atoms with Gasteiger partial charge >= 0.3 is 5.69 Å². The summed E-state index contributed by atoms with van der Waals surface area (Å²) in [7, 11) is 0. The number of rotatable bonds is 11. The molecule has 1 aromatic carbocycles. The molecule has 7 heteroatoms. The predicted octanol–water partition coefficient (Wildman–Crippen LogP) is 3.62. The van der Waals surface area contributed by atoms with Crippen molar-refractivity contribution in [3.63, 3.8) is 0 Å². The Balaban J connectivity index is 2.26. The minimum Gasteiger partial charge on any atom is -0.486 e. The monoisotopic (exact) mass is 329 g/mol. The molecule has 0 saturated carbocycles. The van der Waals surface area contributed by atoms with Gasteiger partial charge in [0.15, 0.2) is 4.98 Å². The Morgan fingerprint density at radius 1 is 1.19 bits per heavy atom. The topological polar surface area (TPSA) is 55.8 Å². The zero-order chi connectivity index (χ0) is 15.3. The molecule has 0 fully saturated rings. The second-order valence-electron chi connectivity index (χ2n) is 3.96. The lowest BCUT2D eigenvalue weighted by Gasteiger charge is -2.06. The van der Waals surface area contributed by atoms with E-state index in [-0.39, 0.29) is 0 Å². The number of hydrogen-bond donors (Lipinski definition) is 1. The first-order valence-corrected chi connectivity index (χ1v) is 8.44. The predicted molar refractivity (Wildman–Crippen MR) is 88.6 cm³/mol. The van der Waals surface area contributed by atoms with Crippen LogP contribution in [0.1, 0.15) is 6.92 Å². The van der Waals surface area contributed by atoms with Gasteiger partial charge in [0.1, 0.15) is 0 Å². The van der Waals surface area contributed by atoms with Crippen molar-refractivity contribution in [3.05, 3.63) is 23.2 Å². The highest BCUT2D eigenvalue weighted by Crippen LogP contribution is 2.32. The zero-order valence-corrected chi connectivity index (χ0v) is 13.9. The zero-order valence-electron chi connectivity index (χ0n) is 12.2. The van der Waals surface area contributed by atoms with Gasteiger partial charge in [-0.15, -0.1) is 11.8 Å². The summed E-state index contributed by atoms with van der Waals surface area (Å²) in [5, 5.41) is 8.87. The van der Waals surface area contributed by atoms with Crippen molar-refractivity contribution in [1.82, 2.24) is 0 Å². The van der Waals surface area contributed by atoms with E-state index in [4.69, 9.17) is 19.6 Å². The largest absolute Gasteiger partial charge is 0.486 e. The fourth-order valence-electron chi connectivity index (χ4n) is 1.54. The van der Waals surface area contributed by atoms with Crippen molar-refractivity contribution in [1.29, 1.82) is 5.39 Å². The lowest BCUT2D eigenvalue weighted by atomic mass is 10.3. The summed E-state index contributed by atoms with van der Waals surface area (Å²) < 4.78 is 16.2. The molecule has 0 atom stereocenters. The minimum absolute atomic E-state index is 0.443. The van der Waals surface area contributed by atoms with Crippen LogP contribution in [0.25, 0.3) is 4.98 Å². The van der Waals surface area contributed by atoms with Gasteiger partial charge in [0.25, 0.3) is 0 Å². The van der Waals surface area contributed by atoms with Gasteiger partial charge in [0.05, 0.1) is 33.0 Å². The van der Waals surface area contributed by atoms with Crippen LogP contribution in [0.15, 0.2) is 23.1 Å². The second-order valence-corrected chi connectivity index (χ2v) is 5.57. The van der Waals surface area contributed by atoms with Crippen LogP contribution in [0, 0.1) is 5.39 Å². The molecule has 0 spiro atoms. The highest BCUT2D eigenvalue weighted by atomic mass is 32.2. The van der Waals surface area contributed by atoms with Gasteiger partial charge in [-0.25, -0.2) is 0 Å². The normalized spacial score (nSPS) is 10.3. The SMILES string of the molecule is CCOc1cc(SCCOCCOCCS)ccc1[N+]#N. The van der Waals surface area contributed by atoms with E-state index in [1.54, 1.807) is 17.8 Å². The Morgan fingerprint density at radius 2 is 1.95 bits per heavy atom. The molecule has 0 aromatic heterocycles. The van der Waals surface area contributed by atoms with Crippen molar-refractivity contribution in [2.24, 2.45) is 0 Å². The number of benzene rings is 1. The molecule has 0 unspecified atom stereocenters. The van der Waals surface area contributed by atoms with E-state index in [9.17, 15) is 0 Å². The van der Waals surface area contributed by atoms with Gasteiger partial charge in [-0.2, -0.15) is 12.6 Å². The van der Waals surface area contributed by atoms with Gasteiger partial charge in [-0.3, -0.25) is 0 Å². The van der Waals surface area contributed by atoms with Gasteiger partial charge in [0.2, 0.25) is 11.1 Å². The molecule has 0 saturated heterocycles. The van der Waals surface area contributed by atoms with Crippen LogP contribution in [0.3, 0.4) is 0 Å². The summed E-state index contributed by atoms with van der Waals surface area (Å²) in [5.74, 6) is 2.16. The highest BCUT2D eigenvalue weighted by Gasteiger charge is 2.15. The Bertz CT molecular complexity index is 452.